The van der Waals surface area contributed by atoms with Gasteiger partial charge in [-0.25, -0.2) is 4.79 Å². The van der Waals surface area contributed by atoms with E-state index in [1.165, 1.54) is 22.8 Å². The molecule has 22 heavy (non-hydrogen) atoms. The number of rotatable bonds is 4. The highest BCUT2D eigenvalue weighted by Crippen LogP contribution is 2.26. The van der Waals surface area contributed by atoms with E-state index in [9.17, 15) is 19.2 Å². The normalized spacial score (nSPS) is 15.0. The van der Waals surface area contributed by atoms with Crippen LogP contribution in [0.1, 0.15) is 19.3 Å². The van der Waals surface area contributed by atoms with Gasteiger partial charge in [-0.1, -0.05) is 0 Å². The second kappa shape index (κ2) is 5.14. The molecule has 0 aliphatic carbocycles. The Morgan fingerprint density at radius 1 is 1.18 bits per heavy atom. The van der Waals surface area contributed by atoms with Crippen molar-refractivity contribution in [3.63, 3.8) is 0 Å². The molecule has 0 saturated carbocycles. The number of aromatic nitrogens is 1. The first-order chi connectivity index (χ1) is 10.5. The third-order valence-corrected chi connectivity index (χ3v) is 3.51. The molecule has 1 N–H and O–H groups in total. The molecular weight excluding hydrogens is 292 g/mol. The maximum atomic E-state index is 11.8. The number of aliphatic carboxylic acids is 1. The summed E-state index contributed by atoms with van der Waals surface area (Å²) < 4.78 is 6.28. The van der Waals surface area contributed by atoms with E-state index in [0.717, 1.165) is 4.90 Å². The van der Waals surface area contributed by atoms with E-state index in [0.29, 0.717) is 11.2 Å². The molecule has 1 aliphatic rings. The Balaban J connectivity index is 2.01. The molecule has 1 fully saturated rings. The van der Waals surface area contributed by atoms with Crippen LogP contribution in [0.5, 0.6) is 0 Å². The highest BCUT2D eigenvalue weighted by Gasteiger charge is 2.30. The van der Waals surface area contributed by atoms with Gasteiger partial charge in [-0.15, -0.1) is 0 Å². The van der Waals surface area contributed by atoms with E-state index in [1.54, 1.807) is 0 Å². The van der Waals surface area contributed by atoms with Crippen LogP contribution >= 0.6 is 0 Å². The molecule has 0 atom stereocenters. The number of nitrogens with zero attached hydrogens (tertiary/aromatic N) is 2. The zero-order valence-electron chi connectivity index (χ0n) is 11.4. The summed E-state index contributed by atoms with van der Waals surface area (Å²) in [5.74, 6) is -2.28. The standard InChI is InChI=1S/C14H12N2O6/c17-11-3-4-12(18)16(11)8-1-2-9-10(7-8)22-14(21)15(9)6-5-13(19)20/h1-2,7H,3-6H2,(H,19,20). The smallest absolute Gasteiger partial charge is 0.419 e. The van der Waals surface area contributed by atoms with Crippen LogP contribution in [-0.4, -0.2) is 27.5 Å². The van der Waals surface area contributed by atoms with Gasteiger partial charge in [0.25, 0.3) is 0 Å². The van der Waals surface area contributed by atoms with Crippen LogP contribution in [0.2, 0.25) is 0 Å². The molecule has 8 nitrogen and oxygen atoms in total. The van der Waals surface area contributed by atoms with E-state index in [-0.39, 0.29) is 43.2 Å². The largest absolute Gasteiger partial charge is 0.481 e. The van der Waals surface area contributed by atoms with Gasteiger partial charge in [-0.3, -0.25) is 23.9 Å². The Labute approximate surface area is 123 Å². The number of carboxylic acid groups (broad SMARTS) is 1. The Morgan fingerprint density at radius 2 is 1.86 bits per heavy atom. The first-order valence-corrected chi connectivity index (χ1v) is 6.68. The molecule has 3 rings (SSSR count). The van der Waals surface area contributed by atoms with Gasteiger partial charge in [0.2, 0.25) is 11.8 Å². The summed E-state index contributed by atoms with van der Waals surface area (Å²) in [5, 5.41) is 8.69. The quantitative estimate of drug-likeness (QED) is 0.833. The van der Waals surface area contributed by atoms with Crippen LogP contribution in [0.4, 0.5) is 5.69 Å². The summed E-state index contributed by atoms with van der Waals surface area (Å²) in [6.07, 6.45) is 0.125. The van der Waals surface area contributed by atoms with Crippen LogP contribution in [0.3, 0.4) is 0 Å². The molecule has 1 aromatic carbocycles. The fourth-order valence-electron chi connectivity index (χ4n) is 2.48. The summed E-state index contributed by atoms with van der Waals surface area (Å²) in [7, 11) is 0. The summed E-state index contributed by atoms with van der Waals surface area (Å²) in [5.41, 5.74) is 0.980. The van der Waals surface area contributed by atoms with E-state index < -0.39 is 11.7 Å². The van der Waals surface area contributed by atoms with E-state index in [1.807, 2.05) is 0 Å². The lowest BCUT2D eigenvalue weighted by molar-refractivity contribution is -0.137. The Kier molecular flexibility index (Phi) is 3.28. The van der Waals surface area contributed by atoms with Gasteiger partial charge in [-0.05, 0) is 12.1 Å². The number of carbonyl (C=O) groups excluding carboxylic acids is 2. The van der Waals surface area contributed by atoms with Crippen molar-refractivity contribution in [1.82, 2.24) is 4.57 Å². The van der Waals surface area contributed by atoms with Gasteiger partial charge in [0.05, 0.1) is 17.6 Å². The minimum absolute atomic E-state index is 0.0118. The summed E-state index contributed by atoms with van der Waals surface area (Å²) in [6, 6.07) is 4.51. The monoisotopic (exact) mass is 304 g/mol. The molecule has 114 valence electrons. The molecule has 2 heterocycles. The van der Waals surface area contributed by atoms with Crippen molar-refractivity contribution in [2.75, 3.05) is 4.90 Å². The molecule has 0 spiro atoms. The zero-order valence-corrected chi connectivity index (χ0v) is 11.4. The van der Waals surface area contributed by atoms with Gasteiger partial charge in [-0.2, -0.15) is 0 Å². The van der Waals surface area contributed by atoms with Gasteiger partial charge in [0.15, 0.2) is 5.58 Å². The van der Waals surface area contributed by atoms with Crippen LogP contribution in [-0.2, 0) is 20.9 Å². The maximum Gasteiger partial charge on any atom is 0.419 e. The molecule has 2 amide bonds. The molecule has 1 aromatic heterocycles. The number of benzene rings is 1. The van der Waals surface area contributed by atoms with Crippen molar-refractivity contribution < 1.29 is 23.9 Å². The average Bonchev–Trinajstić information content (AvgIpc) is 2.95. The summed E-state index contributed by atoms with van der Waals surface area (Å²) >= 11 is 0. The van der Waals surface area contributed by atoms with Gasteiger partial charge >= 0.3 is 11.7 Å². The maximum absolute atomic E-state index is 11.8. The van der Waals surface area contributed by atoms with Crippen molar-refractivity contribution in [1.29, 1.82) is 0 Å². The number of hydrogen-bond acceptors (Lipinski definition) is 5. The Bertz CT molecular complexity index is 831. The average molecular weight is 304 g/mol. The first-order valence-electron chi connectivity index (χ1n) is 6.68. The van der Waals surface area contributed by atoms with Gasteiger partial charge < -0.3 is 9.52 Å². The lowest BCUT2D eigenvalue weighted by atomic mass is 10.2. The third kappa shape index (κ3) is 2.28. The van der Waals surface area contributed by atoms with Crippen molar-refractivity contribution in [3.05, 3.63) is 28.7 Å². The summed E-state index contributed by atoms with van der Waals surface area (Å²) in [4.78, 5) is 46.9. The highest BCUT2D eigenvalue weighted by atomic mass is 16.4. The lowest BCUT2D eigenvalue weighted by Crippen LogP contribution is -2.28. The number of anilines is 1. The second-order valence-corrected chi connectivity index (χ2v) is 4.94. The zero-order chi connectivity index (χ0) is 15.9. The van der Waals surface area contributed by atoms with Crippen molar-refractivity contribution >= 4 is 34.6 Å². The molecular formula is C14H12N2O6. The predicted octanol–water partition coefficient (Wildman–Crippen LogP) is 0.723. The van der Waals surface area contributed by atoms with Gasteiger partial charge in [0, 0.05) is 25.5 Å². The highest BCUT2D eigenvalue weighted by molar-refractivity contribution is 6.20. The van der Waals surface area contributed by atoms with Crippen molar-refractivity contribution in [2.24, 2.45) is 0 Å². The molecule has 1 saturated heterocycles. The number of imide groups is 1. The second-order valence-electron chi connectivity index (χ2n) is 4.94. The molecule has 0 radical (unpaired) electrons. The molecule has 8 heteroatoms. The predicted molar refractivity (Wildman–Crippen MR) is 74.5 cm³/mol. The van der Waals surface area contributed by atoms with Crippen LogP contribution < -0.4 is 10.7 Å². The van der Waals surface area contributed by atoms with E-state index in [2.05, 4.69) is 0 Å². The fourth-order valence-corrected chi connectivity index (χ4v) is 2.48. The molecule has 1 aliphatic heterocycles. The Morgan fingerprint density at radius 3 is 2.50 bits per heavy atom. The topological polar surface area (TPSA) is 110 Å². The van der Waals surface area contributed by atoms with Crippen LogP contribution in [0.15, 0.2) is 27.4 Å². The number of oxazole rings is 1. The van der Waals surface area contributed by atoms with E-state index >= 15 is 0 Å². The number of amides is 2. The molecule has 2 aromatic rings. The lowest BCUT2D eigenvalue weighted by Gasteiger charge is -2.13. The number of aryl methyl sites for hydroxylation is 1. The number of carboxylic acids is 1. The fraction of sp³-hybridized carbons (Fsp3) is 0.286. The number of fused-ring (bicyclic) bond motifs is 1. The minimum atomic E-state index is -1.02. The molecule has 0 unspecified atom stereocenters. The van der Waals surface area contributed by atoms with Crippen molar-refractivity contribution in [2.45, 2.75) is 25.8 Å². The Hall–Kier alpha value is -2.90. The number of carbonyl (C=O) groups is 3. The SMILES string of the molecule is O=C(O)CCn1c(=O)oc2cc(N3C(=O)CCC3=O)ccc21. The molecule has 0 bridgehead atoms. The number of hydrogen-bond donors (Lipinski definition) is 1. The minimum Gasteiger partial charge on any atom is -0.481 e. The van der Waals surface area contributed by atoms with E-state index in [4.69, 9.17) is 9.52 Å². The van der Waals surface area contributed by atoms with Crippen LogP contribution in [0, 0.1) is 0 Å². The summed E-state index contributed by atoms with van der Waals surface area (Å²) in [6.45, 7) is -0.0118. The van der Waals surface area contributed by atoms with Gasteiger partial charge in [0.1, 0.15) is 0 Å². The third-order valence-electron chi connectivity index (χ3n) is 3.51. The van der Waals surface area contributed by atoms with Crippen LogP contribution in [0.25, 0.3) is 11.1 Å². The first kappa shape index (κ1) is 14.1. The van der Waals surface area contributed by atoms with Crippen molar-refractivity contribution in [3.8, 4) is 0 Å².